The van der Waals surface area contributed by atoms with Gasteiger partial charge in [-0.1, -0.05) is 12.2 Å². The van der Waals surface area contributed by atoms with Crippen molar-refractivity contribution in [3.05, 3.63) is 24.3 Å². The highest BCUT2D eigenvalue weighted by molar-refractivity contribution is 5.73. The summed E-state index contributed by atoms with van der Waals surface area (Å²) < 4.78 is 12.8. The number of aliphatic hydroxyl groups is 1. The highest BCUT2D eigenvalue weighted by atomic mass is 19.2. The molecule has 0 radical (unpaired) electrons. The number of carboxylic acid groups (broad SMARTS) is 1. The predicted octanol–water partition coefficient (Wildman–Crippen LogP) is 0.189. The standard InChI is InChI=1S/C9H12FNO3/c10-9(14)3-1-6(2-4-9)5-7(11)8(12)13/h1-4,6-7,14H,5,11H2,(H,12,13). The Labute approximate surface area is 80.5 Å². The van der Waals surface area contributed by atoms with E-state index in [0.717, 1.165) is 12.2 Å². The van der Waals surface area contributed by atoms with Crippen molar-refractivity contribution in [2.45, 2.75) is 18.3 Å². The molecule has 4 N–H and O–H groups in total. The Balaban J connectivity index is 2.51. The maximum atomic E-state index is 12.8. The van der Waals surface area contributed by atoms with Crippen LogP contribution in [0.3, 0.4) is 0 Å². The van der Waals surface area contributed by atoms with Crippen LogP contribution < -0.4 is 5.73 Å². The van der Waals surface area contributed by atoms with E-state index in [1.165, 1.54) is 12.2 Å². The van der Waals surface area contributed by atoms with Gasteiger partial charge in [0.1, 0.15) is 6.04 Å². The number of aliphatic carboxylic acids is 1. The summed E-state index contributed by atoms with van der Waals surface area (Å²) in [6, 6.07) is -0.972. The zero-order valence-electron chi connectivity index (χ0n) is 7.43. The van der Waals surface area contributed by atoms with E-state index in [4.69, 9.17) is 15.9 Å². The van der Waals surface area contributed by atoms with Gasteiger partial charge in [0, 0.05) is 0 Å². The average molecular weight is 201 g/mol. The van der Waals surface area contributed by atoms with Crippen molar-refractivity contribution >= 4 is 5.97 Å². The molecule has 0 saturated carbocycles. The normalized spacial score (nSPS) is 32.9. The molecule has 0 aromatic carbocycles. The number of rotatable bonds is 3. The first-order chi connectivity index (χ1) is 6.41. The zero-order valence-corrected chi connectivity index (χ0v) is 7.43. The van der Waals surface area contributed by atoms with Gasteiger partial charge in [-0.25, -0.2) is 4.39 Å². The molecule has 0 fully saturated rings. The second-order valence-corrected chi connectivity index (χ2v) is 3.29. The third kappa shape index (κ3) is 2.93. The van der Waals surface area contributed by atoms with E-state index in [0.29, 0.717) is 0 Å². The van der Waals surface area contributed by atoms with Crippen LogP contribution in [0, 0.1) is 5.92 Å². The number of hydrogen-bond donors (Lipinski definition) is 3. The third-order valence-electron chi connectivity index (χ3n) is 2.00. The molecule has 0 aliphatic heterocycles. The lowest BCUT2D eigenvalue weighted by molar-refractivity contribution is -0.138. The van der Waals surface area contributed by atoms with Gasteiger partial charge in [-0.15, -0.1) is 0 Å². The molecule has 0 amide bonds. The van der Waals surface area contributed by atoms with Gasteiger partial charge < -0.3 is 15.9 Å². The molecular weight excluding hydrogens is 189 g/mol. The van der Waals surface area contributed by atoms with Gasteiger partial charge in [0.05, 0.1) is 0 Å². The van der Waals surface area contributed by atoms with Crippen molar-refractivity contribution in [3.8, 4) is 0 Å². The summed E-state index contributed by atoms with van der Waals surface area (Å²) in [5.41, 5.74) is 5.29. The summed E-state index contributed by atoms with van der Waals surface area (Å²) >= 11 is 0. The van der Waals surface area contributed by atoms with Crippen molar-refractivity contribution in [2.24, 2.45) is 11.7 Å². The van der Waals surface area contributed by atoms with Crippen LogP contribution in [-0.2, 0) is 4.79 Å². The first kappa shape index (κ1) is 10.9. The second kappa shape index (κ2) is 3.89. The van der Waals surface area contributed by atoms with Crippen LogP contribution in [0.15, 0.2) is 24.3 Å². The zero-order chi connectivity index (χ0) is 10.8. The van der Waals surface area contributed by atoms with Gasteiger partial charge in [0.15, 0.2) is 0 Å². The van der Waals surface area contributed by atoms with E-state index in [2.05, 4.69) is 0 Å². The molecule has 5 heteroatoms. The minimum Gasteiger partial charge on any atom is -0.480 e. The second-order valence-electron chi connectivity index (χ2n) is 3.29. The van der Waals surface area contributed by atoms with Crippen molar-refractivity contribution in [2.75, 3.05) is 0 Å². The van der Waals surface area contributed by atoms with E-state index < -0.39 is 17.9 Å². The van der Waals surface area contributed by atoms with Crippen LogP contribution in [0.4, 0.5) is 4.39 Å². The van der Waals surface area contributed by atoms with Crippen LogP contribution in [0.5, 0.6) is 0 Å². The molecule has 4 nitrogen and oxygen atoms in total. The van der Waals surface area contributed by atoms with Crippen LogP contribution in [-0.4, -0.2) is 28.1 Å². The van der Waals surface area contributed by atoms with Crippen LogP contribution in [0.25, 0.3) is 0 Å². The molecule has 1 unspecified atom stereocenters. The molecule has 0 aromatic rings. The van der Waals surface area contributed by atoms with Crippen molar-refractivity contribution in [1.29, 1.82) is 0 Å². The molecule has 0 spiro atoms. The number of carbonyl (C=O) groups is 1. The SMILES string of the molecule is NC(CC1C=CC(O)(F)C=C1)C(=O)O. The molecule has 78 valence electrons. The first-order valence-electron chi connectivity index (χ1n) is 4.19. The fourth-order valence-electron chi connectivity index (χ4n) is 1.19. The Morgan fingerprint density at radius 1 is 1.57 bits per heavy atom. The summed E-state index contributed by atoms with van der Waals surface area (Å²) in [5, 5.41) is 17.4. The van der Waals surface area contributed by atoms with Gasteiger partial charge in [0.25, 0.3) is 0 Å². The number of halogens is 1. The van der Waals surface area contributed by atoms with Gasteiger partial charge >= 0.3 is 5.97 Å². The van der Waals surface area contributed by atoms with Gasteiger partial charge in [-0.3, -0.25) is 4.79 Å². The van der Waals surface area contributed by atoms with E-state index in [9.17, 15) is 9.18 Å². The summed E-state index contributed by atoms with van der Waals surface area (Å²) in [7, 11) is 0. The molecule has 0 bridgehead atoms. The topological polar surface area (TPSA) is 83.5 Å². The Bertz CT molecular complexity index is 270. The molecule has 1 atom stereocenters. The summed E-state index contributed by atoms with van der Waals surface area (Å²) in [4.78, 5) is 10.4. The number of hydrogen-bond acceptors (Lipinski definition) is 3. The third-order valence-corrected chi connectivity index (χ3v) is 2.00. The molecule has 0 saturated heterocycles. The average Bonchev–Trinajstić information content (AvgIpc) is 2.08. The molecule has 1 aliphatic carbocycles. The van der Waals surface area contributed by atoms with Gasteiger partial charge in [0.2, 0.25) is 5.85 Å². The maximum absolute atomic E-state index is 12.8. The van der Waals surface area contributed by atoms with Gasteiger partial charge in [-0.05, 0) is 24.5 Å². The Morgan fingerprint density at radius 2 is 2.07 bits per heavy atom. The highest BCUT2D eigenvalue weighted by Crippen LogP contribution is 2.22. The molecule has 1 rings (SSSR count). The lowest BCUT2D eigenvalue weighted by Gasteiger charge is -2.18. The molecule has 0 heterocycles. The smallest absolute Gasteiger partial charge is 0.320 e. The molecule has 14 heavy (non-hydrogen) atoms. The molecule has 0 aromatic heterocycles. The Kier molecular flexibility index (Phi) is 3.03. The molecule has 1 aliphatic rings. The van der Waals surface area contributed by atoms with Crippen LogP contribution in [0.1, 0.15) is 6.42 Å². The fraction of sp³-hybridized carbons (Fsp3) is 0.444. The fourth-order valence-corrected chi connectivity index (χ4v) is 1.19. The monoisotopic (exact) mass is 201 g/mol. The maximum Gasteiger partial charge on any atom is 0.320 e. The number of nitrogens with two attached hydrogens (primary N) is 1. The highest BCUT2D eigenvalue weighted by Gasteiger charge is 2.24. The quantitative estimate of drug-likeness (QED) is 0.569. The van der Waals surface area contributed by atoms with E-state index in [-0.39, 0.29) is 12.3 Å². The first-order valence-corrected chi connectivity index (χ1v) is 4.19. The lowest BCUT2D eigenvalue weighted by Crippen LogP contribution is -2.32. The largest absolute Gasteiger partial charge is 0.480 e. The van der Waals surface area contributed by atoms with Crippen molar-refractivity contribution < 1.29 is 19.4 Å². The summed E-state index contributed by atoms with van der Waals surface area (Å²) in [5.74, 6) is -3.74. The number of alkyl halides is 1. The lowest BCUT2D eigenvalue weighted by atomic mass is 9.94. The van der Waals surface area contributed by atoms with Crippen LogP contribution >= 0.6 is 0 Å². The van der Waals surface area contributed by atoms with Crippen molar-refractivity contribution in [1.82, 2.24) is 0 Å². The van der Waals surface area contributed by atoms with Crippen molar-refractivity contribution in [3.63, 3.8) is 0 Å². The Hall–Kier alpha value is -1.20. The number of allylic oxidation sites excluding steroid dienone is 2. The molecular formula is C9H12FNO3. The van der Waals surface area contributed by atoms with E-state index >= 15 is 0 Å². The number of carboxylic acids is 1. The minimum atomic E-state index is -2.41. The Morgan fingerprint density at radius 3 is 2.50 bits per heavy atom. The van der Waals surface area contributed by atoms with E-state index in [1.807, 2.05) is 0 Å². The predicted molar refractivity (Wildman–Crippen MR) is 48.1 cm³/mol. The van der Waals surface area contributed by atoms with Gasteiger partial charge in [-0.2, -0.15) is 0 Å². The van der Waals surface area contributed by atoms with Crippen LogP contribution in [0.2, 0.25) is 0 Å². The summed E-state index contributed by atoms with van der Waals surface area (Å²) in [6.45, 7) is 0. The summed E-state index contributed by atoms with van der Waals surface area (Å²) in [6.07, 6.45) is 4.96. The minimum absolute atomic E-state index is 0.193. The van der Waals surface area contributed by atoms with E-state index in [1.54, 1.807) is 0 Å².